The topological polar surface area (TPSA) is 58.2 Å². The summed E-state index contributed by atoms with van der Waals surface area (Å²) < 4.78 is 0. The number of aryl methyl sites for hydroxylation is 1. The van der Waals surface area contributed by atoms with Gasteiger partial charge in [0, 0.05) is 23.6 Å². The Hall–Kier alpha value is -2.27. The van der Waals surface area contributed by atoms with Crippen LogP contribution >= 0.6 is 11.8 Å². The van der Waals surface area contributed by atoms with E-state index in [1.807, 2.05) is 13.0 Å². The SMILES string of the molecule is CCCNC(=O)c1ccccc1NC(=O)CCSc1ccc(C)cc1. The maximum Gasteiger partial charge on any atom is 0.253 e. The predicted molar refractivity (Wildman–Crippen MR) is 104 cm³/mol. The smallest absolute Gasteiger partial charge is 0.253 e. The van der Waals surface area contributed by atoms with Gasteiger partial charge in [-0.25, -0.2) is 0 Å². The van der Waals surface area contributed by atoms with E-state index in [1.165, 1.54) is 5.56 Å². The Kier molecular flexibility index (Phi) is 7.54. The third kappa shape index (κ3) is 6.27. The fraction of sp³-hybridized carbons (Fsp3) is 0.300. The Labute approximate surface area is 153 Å². The molecule has 2 amide bonds. The van der Waals surface area contributed by atoms with Crippen LogP contribution in [0.4, 0.5) is 5.69 Å². The molecule has 0 heterocycles. The lowest BCUT2D eigenvalue weighted by Crippen LogP contribution is -2.25. The summed E-state index contributed by atoms with van der Waals surface area (Å²) >= 11 is 1.65. The van der Waals surface area contributed by atoms with Crippen LogP contribution in [0.1, 0.15) is 35.7 Å². The molecular formula is C20H24N2O2S. The van der Waals surface area contributed by atoms with Crippen molar-refractivity contribution in [3.63, 3.8) is 0 Å². The predicted octanol–water partition coefficient (Wildman–Crippen LogP) is 4.26. The Bertz CT molecular complexity index is 714. The molecule has 0 bridgehead atoms. The van der Waals surface area contributed by atoms with Gasteiger partial charge in [0.05, 0.1) is 11.3 Å². The summed E-state index contributed by atoms with van der Waals surface area (Å²) in [6, 6.07) is 15.3. The standard InChI is InChI=1S/C20H24N2O2S/c1-3-13-21-20(24)17-6-4-5-7-18(17)22-19(23)12-14-25-16-10-8-15(2)9-11-16/h4-11H,3,12-14H2,1-2H3,(H,21,24)(H,22,23). The van der Waals surface area contributed by atoms with Gasteiger partial charge in [-0.3, -0.25) is 9.59 Å². The first-order chi connectivity index (χ1) is 12.1. The molecule has 5 heteroatoms. The largest absolute Gasteiger partial charge is 0.352 e. The van der Waals surface area contributed by atoms with Gasteiger partial charge in [0.25, 0.3) is 5.91 Å². The molecule has 2 rings (SSSR count). The number of hydrogen-bond acceptors (Lipinski definition) is 3. The Morgan fingerprint density at radius 1 is 1.04 bits per heavy atom. The molecule has 4 nitrogen and oxygen atoms in total. The van der Waals surface area contributed by atoms with Crippen LogP contribution in [0, 0.1) is 6.92 Å². The molecule has 2 N–H and O–H groups in total. The van der Waals surface area contributed by atoms with Crippen molar-refractivity contribution in [1.82, 2.24) is 5.32 Å². The monoisotopic (exact) mass is 356 g/mol. The van der Waals surface area contributed by atoms with Crippen molar-refractivity contribution < 1.29 is 9.59 Å². The number of hydrogen-bond donors (Lipinski definition) is 2. The van der Waals surface area contributed by atoms with E-state index in [4.69, 9.17) is 0 Å². The minimum Gasteiger partial charge on any atom is -0.352 e. The molecule has 0 aliphatic carbocycles. The van der Waals surface area contributed by atoms with Crippen molar-refractivity contribution in [2.24, 2.45) is 0 Å². The molecule has 2 aromatic rings. The molecule has 0 saturated carbocycles. The van der Waals surface area contributed by atoms with Crippen molar-refractivity contribution in [2.75, 3.05) is 17.6 Å². The Balaban J connectivity index is 1.87. The van der Waals surface area contributed by atoms with Crippen molar-refractivity contribution in [2.45, 2.75) is 31.6 Å². The van der Waals surface area contributed by atoms with Gasteiger partial charge in [-0.15, -0.1) is 11.8 Å². The van der Waals surface area contributed by atoms with E-state index in [0.29, 0.717) is 30.0 Å². The minimum atomic E-state index is -0.160. The Morgan fingerprint density at radius 3 is 2.48 bits per heavy atom. The quantitative estimate of drug-likeness (QED) is 0.695. The van der Waals surface area contributed by atoms with Crippen molar-refractivity contribution in [3.8, 4) is 0 Å². The number of benzene rings is 2. The normalized spacial score (nSPS) is 10.3. The van der Waals surface area contributed by atoms with E-state index in [-0.39, 0.29) is 11.8 Å². The summed E-state index contributed by atoms with van der Waals surface area (Å²) in [4.78, 5) is 25.5. The zero-order valence-electron chi connectivity index (χ0n) is 14.7. The third-order valence-corrected chi connectivity index (χ3v) is 4.61. The second-order valence-corrected chi connectivity index (χ2v) is 6.93. The molecule has 0 spiro atoms. The first-order valence-corrected chi connectivity index (χ1v) is 9.45. The fourth-order valence-electron chi connectivity index (χ4n) is 2.23. The van der Waals surface area contributed by atoms with Gasteiger partial charge in [-0.1, -0.05) is 36.8 Å². The zero-order valence-corrected chi connectivity index (χ0v) is 15.5. The third-order valence-electron chi connectivity index (χ3n) is 3.60. The van der Waals surface area contributed by atoms with Crippen LogP contribution in [0.3, 0.4) is 0 Å². The van der Waals surface area contributed by atoms with Gasteiger partial charge < -0.3 is 10.6 Å². The molecule has 0 fully saturated rings. The van der Waals surface area contributed by atoms with Crippen LogP contribution in [0.25, 0.3) is 0 Å². The summed E-state index contributed by atoms with van der Waals surface area (Å²) in [5.41, 5.74) is 2.27. The van der Waals surface area contributed by atoms with Crippen LogP contribution in [0.5, 0.6) is 0 Å². The first kappa shape index (κ1) is 19.1. The molecule has 0 atom stereocenters. The second-order valence-electron chi connectivity index (χ2n) is 5.76. The summed E-state index contributed by atoms with van der Waals surface area (Å²) in [6.07, 6.45) is 1.26. The lowest BCUT2D eigenvalue weighted by Gasteiger charge is -2.11. The highest BCUT2D eigenvalue weighted by molar-refractivity contribution is 7.99. The average Bonchev–Trinajstić information content (AvgIpc) is 2.62. The molecule has 0 aliphatic heterocycles. The van der Waals surface area contributed by atoms with Crippen molar-refractivity contribution in [3.05, 3.63) is 59.7 Å². The fourth-order valence-corrected chi connectivity index (χ4v) is 3.08. The molecule has 25 heavy (non-hydrogen) atoms. The highest BCUT2D eigenvalue weighted by Gasteiger charge is 2.12. The summed E-state index contributed by atoms with van der Waals surface area (Å²) in [7, 11) is 0. The summed E-state index contributed by atoms with van der Waals surface area (Å²) in [5, 5.41) is 5.69. The van der Waals surface area contributed by atoms with Gasteiger partial charge >= 0.3 is 0 Å². The number of para-hydroxylation sites is 1. The summed E-state index contributed by atoms with van der Waals surface area (Å²) in [6.45, 7) is 4.67. The minimum absolute atomic E-state index is 0.0876. The number of anilines is 1. The Morgan fingerprint density at radius 2 is 1.76 bits per heavy atom. The van der Waals surface area contributed by atoms with Crippen molar-refractivity contribution >= 4 is 29.3 Å². The van der Waals surface area contributed by atoms with E-state index in [0.717, 1.165) is 11.3 Å². The van der Waals surface area contributed by atoms with E-state index in [1.54, 1.807) is 30.0 Å². The molecule has 0 aromatic heterocycles. The van der Waals surface area contributed by atoms with Gasteiger partial charge in [-0.05, 0) is 37.6 Å². The van der Waals surface area contributed by atoms with Gasteiger partial charge in [0.1, 0.15) is 0 Å². The number of thioether (sulfide) groups is 1. The highest BCUT2D eigenvalue weighted by atomic mass is 32.2. The van der Waals surface area contributed by atoms with Crippen LogP contribution in [-0.4, -0.2) is 24.1 Å². The van der Waals surface area contributed by atoms with Crippen LogP contribution in [-0.2, 0) is 4.79 Å². The lowest BCUT2D eigenvalue weighted by molar-refractivity contribution is -0.115. The number of carbonyl (C=O) groups excluding carboxylic acids is 2. The molecule has 0 saturated heterocycles. The molecule has 0 radical (unpaired) electrons. The van der Waals surface area contributed by atoms with E-state index >= 15 is 0 Å². The van der Waals surface area contributed by atoms with Gasteiger partial charge in [0.15, 0.2) is 0 Å². The maximum atomic E-state index is 12.2. The highest BCUT2D eigenvalue weighted by Crippen LogP contribution is 2.20. The van der Waals surface area contributed by atoms with Crippen molar-refractivity contribution in [1.29, 1.82) is 0 Å². The molecule has 2 aromatic carbocycles. The number of amides is 2. The van der Waals surface area contributed by atoms with Gasteiger partial charge in [0.2, 0.25) is 5.91 Å². The lowest BCUT2D eigenvalue weighted by atomic mass is 10.1. The summed E-state index contributed by atoms with van der Waals surface area (Å²) in [5.74, 6) is 0.446. The van der Waals surface area contributed by atoms with Crippen LogP contribution < -0.4 is 10.6 Å². The number of rotatable bonds is 8. The van der Waals surface area contributed by atoms with E-state index in [9.17, 15) is 9.59 Å². The number of carbonyl (C=O) groups is 2. The molecule has 0 aliphatic rings. The first-order valence-electron chi connectivity index (χ1n) is 8.46. The molecule has 0 unspecified atom stereocenters. The zero-order chi connectivity index (χ0) is 18.1. The molecular weight excluding hydrogens is 332 g/mol. The number of nitrogens with one attached hydrogen (secondary N) is 2. The second kappa shape index (κ2) is 9.89. The van der Waals surface area contributed by atoms with E-state index in [2.05, 4.69) is 41.8 Å². The van der Waals surface area contributed by atoms with E-state index < -0.39 is 0 Å². The average molecular weight is 356 g/mol. The molecule has 132 valence electrons. The van der Waals surface area contributed by atoms with Crippen LogP contribution in [0.15, 0.2) is 53.4 Å². The van der Waals surface area contributed by atoms with Gasteiger partial charge in [-0.2, -0.15) is 0 Å². The van der Waals surface area contributed by atoms with Crippen LogP contribution in [0.2, 0.25) is 0 Å². The maximum absolute atomic E-state index is 12.2.